The Labute approximate surface area is 115 Å². The monoisotopic (exact) mass is 264 g/mol. The van der Waals surface area contributed by atoms with Gasteiger partial charge in [0.25, 0.3) is 0 Å². The summed E-state index contributed by atoms with van der Waals surface area (Å²) in [6.45, 7) is 7.24. The van der Waals surface area contributed by atoms with Crippen LogP contribution in [0.25, 0.3) is 0 Å². The Hall–Kier alpha value is -1.36. The van der Waals surface area contributed by atoms with Gasteiger partial charge in [0.15, 0.2) is 0 Å². The zero-order valence-corrected chi connectivity index (χ0v) is 11.9. The van der Waals surface area contributed by atoms with Gasteiger partial charge in [0.05, 0.1) is 0 Å². The van der Waals surface area contributed by atoms with Crippen LogP contribution in [0.5, 0.6) is 0 Å². The first-order valence-electron chi connectivity index (χ1n) is 7.18. The van der Waals surface area contributed by atoms with Crippen molar-refractivity contribution in [3.05, 3.63) is 11.9 Å². The quantitative estimate of drug-likeness (QED) is 0.849. The highest BCUT2D eigenvalue weighted by Crippen LogP contribution is 2.23. The SMILES string of the molecule is CCCNc1cc(N2CCC(CO)CC2)nc(C)n1. The molecule has 0 aliphatic carbocycles. The lowest BCUT2D eigenvalue weighted by Crippen LogP contribution is -2.35. The predicted octanol–water partition coefficient (Wildman–Crippen LogP) is 1.82. The molecule has 1 fully saturated rings. The first-order valence-corrected chi connectivity index (χ1v) is 7.18. The predicted molar refractivity (Wildman–Crippen MR) is 77.6 cm³/mol. The summed E-state index contributed by atoms with van der Waals surface area (Å²) in [7, 11) is 0. The van der Waals surface area contributed by atoms with Crippen LogP contribution in [0.15, 0.2) is 6.07 Å². The van der Waals surface area contributed by atoms with Crippen LogP contribution >= 0.6 is 0 Å². The molecule has 0 bridgehead atoms. The van der Waals surface area contributed by atoms with Crippen molar-refractivity contribution in [3.8, 4) is 0 Å². The van der Waals surface area contributed by atoms with Crippen LogP contribution < -0.4 is 10.2 Å². The molecule has 5 nitrogen and oxygen atoms in total. The van der Waals surface area contributed by atoms with Crippen LogP contribution in [0.2, 0.25) is 0 Å². The first-order chi connectivity index (χ1) is 9.22. The largest absolute Gasteiger partial charge is 0.396 e. The summed E-state index contributed by atoms with van der Waals surface area (Å²) in [5.41, 5.74) is 0. The molecule has 0 amide bonds. The lowest BCUT2D eigenvalue weighted by Gasteiger charge is -2.32. The molecule has 0 radical (unpaired) electrons. The van der Waals surface area contributed by atoms with Crippen molar-refractivity contribution >= 4 is 11.6 Å². The molecule has 2 rings (SSSR count). The maximum atomic E-state index is 9.18. The normalized spacial score (nSPS) is 16.7. The number of anilines is 2. The summed E-state index contributed by atoms with van der Waals surface area (Å²) >= 11 is 0. The maximum absolute atomic E-state index is 9.18. The lowest BCUT2D eigenvalue weighted by molar-refractivity contribution is 0.203. The number of rotatable bonds is 5. The summed E-state index contributed by atoms with van der Waals surface area (Å²) in [6, 6.07) is 2.03. The fraction of sp³-hybridized carbons (Fsp3) is 0.714. The van der Waals surface area contributed by atoms with Gasteiger partial charge in [-0.1, -0.05) is 6.92 Å². The fourth-order valence-corrected chi connectivity index (χ4v) is 2.40. The van der Waals surface area contributed by atoms with Gasteiger partial charge in [0.2, 0.25) is 0 Å². The highest BCUT2D eigenvalue weighted by atomic mass is 16.3. The second-order valence-electron chi connectivity index (χ2n) is 5.20. The van der Waals surface area contributed by atoms with Gasteiger partial charge in [-0.15, -0.1) is 0 Å². The number of piperidine rings is 1. The molecular weight excluding hydrogens is 240 g/mol. The zero-order valence-electron chi connectivity index (χ0n) is 11.9. The minimum absolute atomic E-state index is 0.306. The molecule has 1 aromatic rings. The van der Waals surface area contributed by atoms with Gasteiger partial charge in [-0.3, -0.25) is 0 Å². The van der Waals surface area contributed by atoms with E-state index in [2.05, 4.69) is 27.1 Å². The summed E-state index contributed by atoms with van der Waals surface area (Å²) in [5.74, 6) is 3.17. The molecule has 1 saturated heterocycles. The number of aliphatic hydroxyl groups excluding tert-OH is 1. The number of hydrogen-bond donors (Lipinski definition) is 2. The number of hydrogen-bond acceptors (Lipinski definition) is 5. The first kappa shape index (κ1) is 14.1. The van der Waals surface area contributed by atoms with E-state index in [1.807, 2.05) is 13.0 Å². The summed E-state index contributed by atoms with van der Waals surface area (Å²) in [5, 5.41) is 12.5. The zero-order chi connectivity index (χ0) is 13.7. The summed E-state index contributed by atoms with van der Waals surface area (Å²) in [4.78, 5) is 11.2. The highest BCUT2D eigenvalue weighted by Gasteiger charge is 2.20. The summed E-state index contributed by atoms with van der Waals surface area (Å²) < 4.78 is 0. The third kappa shape index (κ3) is 3.80. The molecule has 0 spiro atoms. The molecule has 19 heavy (non-hydrogen) atoms. The van der Waals surface area contributed by atoms with Gasteiger partial charge in [0, 0.05) is 32.3 Å². The highest BCUT2D eigenvalue weighted by molar-refractivity contribution is 5.49. The molecule has 1 aliphatic rings. The van der Waals surface area contributed by atoms with Crippen molar-refractivity contribution in [2.75, 3.05) is 36.5 Å². The van der Waals surface area contributed by atoms with E-state index in [0.717, 1.165) is 56.4 Å². The number of nitrogens with zero attached hydrogens (tertiary/aromatic N) is 3. The molecule has 0 saturated carbocycles. The Morgan fingerprint density at radius 2 is 2.11 bits per heavy atom. The summed E-state index contributed by atoms with van der Waals surface area (Å²) in [6.07, 6.45) is 3.16. The second kappa shape index (κ2) is 6.70. The van der Waals surface area contributed by atoms with Crippen molar-refractivity contribution in [3.63, 3.8) is 0 Å². The van der Waals surface area contributed by atoms with Crippen molar-refractivity contribution in [2.45, 2.75) is 33.1 Å². The van der Waals surface area contributed by atoms with Crippen LogP contribution in [0, 0.1) is 12.8 Å². The van der Waals surface area contributed by atoms with Crippen molar-refractivity contribution in [1.29, 1.82) is 0 Å². The minimum atomic E-state index is 0.306. The van der Waals surface area contributed by atoms with E-state index in [4.69, 9.17) is 0 Å². The molecular formula is C14H24N4O. The van der Waals surface area contributed by atoms with Crippen LogP contribution in [-0.4, -0.2) is 41.3 Å². The van der Waals surface area contributed by atoms with Gasteiger partial charge in [0.1, 0.15) is 17.5 Å². The fourth-order valence-electron chi connectivity index (χ4n) is 2.40. The smallest absolute Gasteiger partial charge is 0.134 e. The number of aromatic nitrogens is 2. The third-order valence-corrected chi connectivity index (χ3v) is 3.58. The third-order valence-electron chi connectivity index (χ3n) is 3.58. The van der Waals surface area contributed by atoms with Gasteiger partial charge in [-0.05, 0) is 32.1 Å². The van der Waals surface area contributed by atoms with E-state index >= 15 is 0 Å². The van der Waals surface area contributed by atoms with E-state index in [1.165, 1.54) is 0 Å². The molecule has 2 N–H and O–H groups in total. The minimum Gasteiger partial charge on any atom is -0.396 e. The van der Waals surface area contributed by atoms with Gasteiger partial charge in [-0.2, -0.15) is 0 Å². The molecule has 1 aliphatic heterocycles. The van der Waals surface area contributed by atoms with Crippen LogP contribution in [0.3, 0.4) is 0 Å². The molecule has 1 aromatic heterocycles. The topological polar surface area (TPSA) is 61.3 Å². The number of nitrogens with one attached hydrogen (secondary N) is 1. The van der Waals surface area contributed by atoms with E-state index in [0.29, 0.717) is 12.5 Å². The van der Waals surface area contributed by atoms with Crippen molar-refractivity contribution in [2.24, 2.45) is 5.92 Å². The molecule has 5 heteroatoms. The van der Waals surface area contributed by atoms with E-state index in [9.17, 15) is 5.11 Å². The Morgan fingerprint density at radius 3 is 2.74 bits per heavy atom. The van der Waals surface area contributed by atoms with Crippen LogP contribution in [-0.2, 0) is 0 Å². The van der Waals surface area contributed by atoms with Gasteiger partial charge < -0.3 is 15.3 Å². The standard InChI is InChI=1S/C14H24N4O/c1-3-6-15-13-9-14(17-11(2)16-13)18-7-4-12(10-19)5-8-18/h9,12,19H,3-8,10H2,1-2H3,(H,15,16,17). The van der Waals surface area contributed by atoms with E-state index in [1.54, 1.807) is 0 Å². The number of aliphatic hydroxyl groups is 1. The van der Waals surface area contributed by atoms with Crippen LogP contribution in [0.4, 0.5) is 11.6 Å². The Bertz CT molecular complexity index is 402. The molecule has 0 atom stereocenters. The Kier molecular flexibility index (Phi) is 4.96. The van der Waals surface area contributed by atoms with Crippen molar-refractivity contribution < 1.29 is 5.11 Å². The molecule has 2 heterocycles. The van der Waals surface area contributed by atoms with E-state index in [-0.39, 0.29) is 0 Å². The van der Waals surface area contributed by atoms with Gasteiger partial charge >= 0.3 is 0 Å². The molecule has 0 unspecified atom stereocenters. The average molecular weight is 264 g/mol. The van der Waals surface area contributed by atoms with Crippen LogP contribution in [0.1, 0.15) is 32.0 Å². The Balaban J connectivity index is 2.05. The van der Waals surface area contributed by atoms with Gasteiger partial charge in [-0.25, -0.2) is 9.97 Å². The average Bonchev–Trinajstić information content (AvgIpc) is 2.44. The second-order valence-corrected chi connectivity index (χ2v) is 5.20. The lowest BCUT2D eigenvalue weighted by atomic mass is 9.98. The molecule has 106 valence electrons. The number of aryl methyl sites for hydroxylation is 1. The van der Waals surface area contributed by atoms with E-state index < -0.39 is 0 Å². The molecule has 0 aromatic carbocycles. The Morgan fingerprint density at radius 1 is 1.37 bits per heavy atom. The van der Waals surface area contributed by atoms with Crippen molar-refractivity contribution in [1.82, 2.24) is 9.97 Å². The maximum Gasteiger partial charge on any atom is 0.134 e.